The molecule has 1 heterocycles. The number of ether oxygens (including phenoxy) is 2. The summed E-state index contributed by atoms with van der Waals surface area (Å²) in [7, 11) is 1.68. The van der Waals surface area contributed by atoms with Gasteiger partial charge in [0.05, 0.1) is 6.61 Å². The Morgan fingerprint density at radius 1 is 1.04 bits per heavy atom. The van der Waals surface area contributed by atoms with E-state index in [-0.39, 0.29) is 0 Å². The van der Waals surface area contributed by atoms with Gasteiger partial charge in [-0.15, -0.1) is 11.3 Å². The highest BCUT2D eigenvalue weighted by Gasteiger charge is 2.11. The third kappa shape index (κ3) is 3.60. The van der Waals surface area contributed by atoms with Crippen LogP contribution in [0.3, 0.4) is 0 Å². The molecule has 0 amide bonds. The van der Waals surface area contributed by atoms with Gasteiger partial charge in [-0.2, -0.15) is 0 Å². The summed E-state index contributed by atoms with van der Waals surface area (Å²) in [5, 5.41) is 4.42. The van der Waals surface area contributed by atoms with Gasteiger partial charge in [-0.3, -0.25) is 0 Å². The van der Waals surface area contributed by atoms with Crippen molar-refractivity contribution in [3.8, 4) is 16.9 Å². The van der Waals surface area contributed by atoms with E-state index in [9.17, 15) is 0 Å². The first-order valence-corrected chi connectivity index (χ1v) is 9.52. The van der Waals surface area contributed by atoms with Gasteiger partial charge in [-0.1, -0.05) is 28.1 Å². The van der Waals surface area contributed by atoms with Crippen molar-refractivity contribution >= 4 is 37.4 Å². The van der Waals surface area contributed by atoms with Gasteiger partial charge < -0.3 is 9.47 Å². The van der Waals surface area contributed by atoms with Gasteiger partial charge in [-0.05, 0) is 53.3 Å². The molecule has 0 aliphatic rings. The van der Waals surface area contributed by atoms with Crippen molar-refractivity contribution in [2.24, 2.45) is 0 Å². The molecule has 1 aromatic heterocycles. The molecular formula is C19H19BrO2S. The molecular weight excluding hydrogens is 372 g/mol. The van der Waals surface area contributed by atoms with E-state index < -0.39 is 0 Å². The van der Waals surface area contributed by atoms with Crippen molar-refractivity contribution in [2.75, 3.05) is 20.3 Å². The maximum atomic E-state index is 5.77. The Hall–Kier alpha value is -1.36. The number of aryl methyl sites for hydroxylation is 1. The summed E-state index contributed by atoms with van der Waals surface area (Å²) >= 11 is 5.33. The lowest BCUT2D eigenvalue weighted by Gasteiger charge is -2.10. The fourth-order valence-electron chi connectivity index (χ4n) is 2.59. The van der Waals surface area contributed by atoms with Crippen LogP contribution in [0.4, 0.5) is 0 Å². The highest BCUT2D eigenvalue weighted by molar-refractivity contribution is 9.08. The van der Waals surface area contributed by atoms with Crippen LogP contribution in [0.2, 0.25) is 0 Å². The molecule has 0 atom stereocenters. The van der Waals surface area contributed by atoms with Crippen LogP contribution in [0, 0.1) is 6.92 Å². The molecule has 0 bridgehead atoms. The predicted octanol–water partition coefficient (Wildman–Crippen LogP) is 5.80. The van der Waals surface area contributed by atoms with Gasteiger partial charge in [0, 0.05) is 28.1 Å². The Labute approximate surface area is 149 Å². The third-order valence-corrected chi connectivity index (χ3v) is 5.46. The molecule has 0 fully saturated rings. The van der Waals surface area contributed by atoms with Gasteiger partial charge in [0.25, 0.3) is 0 Å². The van der Waals surface area contributed by atoms with Gasteiger partial charge in [0.15, 0.2) is 0 Å². The van der Waals surface area contributed by atoms with Crippen LogP contribution in [0.5, 0.6) is 5.75 Å². The Balaban J connectivity index is 2.01. The normalized spacial score (nSPS) is 11.1. The largest absolute Gasteiger partial charge is 0.491 e. The van der Waals surface area contributed by atoms with Crippen LogP contribution in [-0.2, 0) is 10.1 Å². The minimum Gasteiger partial charge on any atom is -0.491 e. The Bertz CT molecular complexity index is 810. The summed E-state index contributed by atoms with van der Waals surface area (Å²) in [4.78, 5) is 0. The molecule has 0 saturated heterocycles. The lowest BCUT2D eigenvalue weighted by Crippen LogP contribution is -2.04. The average Bonchev–Trinajstić information content (AvgIpc) is 2.99. The molecule has 0 unspecified atom stereocenters. The number of fused-ring (bicyclic) bond motifs is 1. The zero-order valence-electron chi connectivity index (χ0n) is 13.3. The number of alkyl halides is 1. The first kappa shape index (κ1) is 16.5. The number of hydrogen-bond acceptors (Lipinski definition) is 3. The van der Waals surface area contributed by atoms with Gasteiger partial charge in [0.1, 0.15) is 12.4 Å². The molecule has 3 rings (SSSR count). The standard InChI is InChI=1S/C19H19BrO2S/c1-13-3-5-15(22-8-7-21-2)10-16(13)18-12-23-19-6-4-14(11-20)9-17(18)19/h3-6,9-10,12H,7-8,11H2,1-2H3. The molecule has 0 N–H and O–H groups in total. The molecule has 4 heteroatoms. The molecule has 2 nitrogen and oxygen atoms in total. The minimum absolute atomic E-state index is 0.567. The quantitative estimate of drug-likeness (QED) is 0.391. The molecule has 0 saturated carbocycles. The Morgan fingerprint density at radius 2 is 1.91 bits per heavy atom. The minimum atomic E-state index is 0.567. The second-order valence-corrected chi connectivity index (χ2v) is 6.90. The fraction of sp³-hybridized carbons (Fsp3) is 0.263. The summed E-state index contributed by atoms with van der Waals surface area (Å²) in [5.74, 6) is 0.888. The second-order valence-electron chi connectivity index (χ2n) is 5.43. The van der Waals surface area contributed by atoms with Crippen molar-refractivity contribution in [1.29, 1.82) is 0 Å². The van der Waals surface area contributed by atoms with Crippen molar-refractivity contribution in [2.45, 2.75) is 12.3 Å². The van der Waals surface area contributed by atoms with Crippen molar-refractivity contribution in [3.63, 3.8) is 0 Å². The lowest BCUT2D eigenvalue weighted by molar-refractivity contribution is 0.146. The molecule has 120 valence electrons. The second kappa shape index (κ2) is 7.47. The van der Waals surface area contributed by atoms with Crippen LogP contribution < -0.4 is 4.74 Å². The van der Waals surface area contributed by atoms with E-state index in [1.54, 1.807) is 18.4 Å². The maximum absolute atomic E-state index is 5.77. The van der Waals surface area contributed by atoms with E-state index >= 15 is 0 Å². The van der Waals surface area contributed by atoms with E-state index in [0.29, 0.717) is 13.2 Å². The first-order valence-electron chi connectivity index (χ1n) is 7.52. The van der Waals surface area contributed by atoms with E-state index in [1.807, 2.05) is 6.07 Å². The van der Waals surface area contributed by atoms with Crippen molar-refractivity contribution < 1.29 is 9.47 Å². The highest BCUT2D eigenvalue weighted by atomic mass is 79.9. The van der Waals surface area contributed by atoms with Crippen LogP contribution in [-0.4, -0.2) is 20.3 Å². The number of halogens is 1. The zero-order chi connectivity index (χ0) is 16.2. The Morgan fingerprint density at radius 3 is 2.70 bits per heavy atom. The molecule has 0 radical (unpaired) electrons. The summed E-state index contributed by atoms with van der Waals surface area (Å²) < 4.78 is 12.1. The monoisotopic (exact) mass is 390 g/mol. The molecule has 0 aliphatic heterocycles. The molecule has 3 aromatic rings. The van der Waals surface area contributed by atoms with Crippen LogP contribution >= 0.6 is 27.3 Å². The van der Waals surface area contributed by atoms with Crippen molar-refractivity contribution in [1.82, 2.24) is 0 Å². The lowest BCUT2D eigenvalue weighted by atomic mass is 9.99. The number of methoxy groups -OCH3 is 1. The van der Waals surface area contributed by atoms with Gasteiger partial charge in [0.2, 0.25) is 0 Å². The number of hydrogen-bond donors (Lipinski definition) is 0. The van der Waals surface area contributed by atoms with Crippen LogP contribution in [0.1, 0.15) is 11.1 Å². The van der Waals surface area contributed by atoms with Gasteiger partial charge >= 0.3 is 0 Å². The van der Waals surface area contributed by atoms with E-state index in [1.165, 1.54) is 32.3 Å². The first-order chi connectivity index (χ1) is 11.2. The molecule has 23 heavy (non-hydrogen) atoms. The number of benzene rings is 2. The molecule has 0 aliphatic carbocycles. The SMILES string of the molecule is COCCOc1ccc(C)c(-c2csc3ccc(CBr)cc23)c1. The maximum Gasteiger partial charge on any atom is 0.120 e. The summed E-state index contributed by atoms with van der Waals surface area (Å²) in [5.41, 5.74) is 5.07. The van der Waals surface area contributed by atoms with E-state index in [4.69, 9.17) is 9.47 Å². The summed E-state index contributed by atoms with van der Waals surface area (Å²) in [6.45, 7) is 3.31. The van der Waals surface area contributed by atoms with Crippen LogP contribution in [0.15, 0.2) is 41.8 Å². The smallest absolute Gasteiger partial charge is 0.120 e. The average molecular weight is 391 g/mol. The molecule has 2 aromatic carbocycles. The van der Waals surface area contributed by atoms with Gasteiger partial charge in [-0.25, -0.2) is 0 Å². The van der Waals surface area contributed by atoms with Crippen LogP contribution in [0.25, 0.3) is 21.2 Å². The third-order valence-electron chi connectivity index (χ3n) is 3.85. The number of thiophene rings is 1. The molecule has 0 spiro atoms. The predicted molar refractivity (Wildman–Crippen MR) is 102 cm³/mol. The Kier molecular flexibility index (Phi) is 5.36. The zero-order valence-corrected chi connectivity index (χ0v) is 15.7. The number of rotatable bonds is 6. The van der Waals surface area contributed by atoms with Crippen molar-refractivity contribution in [3.05, 3.63) is 52.9 Å². The van der Waals surface area contributed by atoms with E-state index in [2.05, 4.69) is 58.6 Å². The van der Waals surface area contributed by atoms with E-state index in [0.717, 1.165) is 11.1 Å². The fourth-order valence-corrected chi connectivity index (χ4v) is 3.88. The highest BCUT2D eigenvalue weighted by Crippen LogP contribution is 2.37. The summed E-state index contributed by atoms with van der Waals surface area (Å²) in [6, 6.07) is 12.9. The summed E-state index contributed by atoms with van der Waals surface area (Å²) in [6.07, 6.45) is 0. The topological polar surface area (TPSA) is 18.5 Å².